The Labute approximate surface area is 300 Å². The molecule has 1 aliphatic rings. The zero-order chi connectivity index (χ0) is 36.8. The fourth-order valence-corrected chi connectivity index (χ4v) is 6.00. The predicted octanol–water partition coefficient (Wildman–Crippen LogP) is 2.01. The van der Waals surface area contributed by atoms with Gasteiger partial charge in [-0.2, -0.15) is 0 Å². The minimum absolute atomic E-state index is 0.115. The maximum atomic E-state index is 13.8. The van der Waals surface area contributed by atoms with Gasteiger partial charge in [0.15, 0.2) is 0 Å². The van der Waals surface area contributed by atoms with E-state index in [2.05, 4.69) is 21.3 Å². The van der Waals surface area contributed by atoms with Gasteiger partial charge >= 0.3 is 7.48 Å². The molecule has 13 heteroatoms. The highest BCUT2D eigenvalue weighted by molar-refractivity contribution is 6.28. The predicted molar refractivity (Wildman–Crippen MR) is 196 cm³/mol. The average molecular weight is 698 g/mol. The van der Waals surface area contributed by atoms with Crippen LogP contribution in [0.4, 0.5) is 0 Å². The number of carbonyl (C=O) groups is 4. The van der Waals surface area contributed by atoms with Crippen molar-refractivity contribution >= 4 is 31.1 Å². The number of phenolic OH excluding ortho intramolecular Hbond substituents is 1. The van der Waals surface area contributed by atoms with Crippen LogP contribution in [-0.2, 0) is 33.9 Å². The molecule has 0 spiro atoms. The van der Waals surface area contributed by atoms with Crippen LogP contribution in [0.2, 0.25) is 0 Å². The van der Waals surface area contributed by atoms with Crippen LogP contribution in [0.5, 0.6) is 5.75 Å². The zero-order valence-corrected chi connectivity index (χ0v) is 29.4. The van der Waals surface area contributed by atoms with E-state index < -0.39 is 24.0 Å². The minimum Gasteiger partial charge on any atom is -0.508 e. The lowest BCUT2D eigenvalue weighted by molar-refractivity contribution is -0.132. The lowest BCUT2D eigenvalue weighted by Gasteiger charge is -2.26. The molecule has 4 rings (SSSR count). The Hall–Kier alpha value is -4.72. The molecule has 4 unspecified atom stereocenters. The van der Waals surface area contributed by atoms with Crippen LogP contribution >= 0.6 is 0 Å². The molecule has 4 amide bonds. The normalized spacial score (nSPS) is 15.8. The third kappa shape index (κ3) is 11.9. The number of nitrogens with zero attached hydrogens (tertiary/aromatic N) is 1. The topological polar surface area (TPSA) is 186 Å². The van der Waals surface area contributed by atoms with E-state index in [4.69, 9.17) is 5.73 Å². The van der Waals surface area contributed by atoms with Crippen molar-refractivity contribution in [3.63, 3.8) is 0 Å². The maximum absolute atomic E-state index is 13.8. The van der Waals surface area contributed by atoms with Crippen molar-refractivity contribution in [2.24, 2.45) is 5.73 Å². The molecule has 1 saturated heterocycles. The second kappa shape index (κ2) is 19.6. The monoisotopic (exact) mass is 697 g/mol. The molecular weight excluding hydrogens is 647 g/mol. The molecule has 8 N–H and O–H groups in total. The molecule has 12 nitrogen and oxygen atoms in total. The van der Waals surface area contributed by atoms with Crippen molar-refractivity contribution in [3.8, 4) is 5.75 Å². The Balaban J connectivity index is 1.40. The average Bonchev–Trinajstić information content (AvgIpc) is 3.62. The number of unbranched alkanes of at least 4 members (excludes halogenated alkanes) is 1. The number of hydrogen-bond donors (Lipinski definition) is 7. The van der Waals surface area contributed by atoms with Gasteiger partial charge in [-0.25, -0.2) is 0 Å². The van der Waals surface area contributed by atoms with Crippen LogP contribution in [0.25, 0.3) is 0 Å². The first kappa shape index (κ1) is 39.1. The van der Waals surface area contributed by atoms with Crippen molar-refractivity contribution in [1.82, 2.24) is 26.2 Å². The molecule has 1 heterocycles. The number of phenols is 1. The molecular formula is C38H50BN6O6. The van der Waals surface area contributed by atoms with Gasteiger partial charge in [0.05, 0.1) is 6.04 Å². The van der Waals surface area contributed by atoms with Gasteiger partial charge in [-0.15, -0.1) is 0 Å². The van der Waals surface area contributed by atoms with Gasteiger partial charge in [-0.3, -0.25) is 19.2 Å². The summed E-state index contributed by atoms with van der Waals surface area (Å²) in [5, 5.41) is 31.2. The highest BCUT2D eigenvalue weighted by atomic mass is 16.3. The van der Waals surface area contributed by atoms with Crippen LogP contribution in [0.15, 0.2) is 72.8 Å². The Morgan fingerprint density at radius 1 is 0.863 bits per heavy atom. The van der Waals surface area contributed by atoms with E-state index in [1.165, 1.54) is 0 Å². The van der Waals surface area contributed by atoms with Gasteiger partial charge < -0.3 is 42.0 Å². The van der Waals surface area contributed by atoms with Crippen molar-refractivity contribution in [3.05, 3.63) is 101 Å². The van der Waals surface area contributed by atoms with Crippen LogP contribution in [0.1, 0.15) is 71.6 Å². The SMILES string of the molecule is Cc1ccc(CNC(=O)C(CCCCN)NC(=O)C(Cc2ccc(O)cc2)NCc2ccc(C(=O)NC(C)C(=O)N3CCCC3[B]O)cc2)cc1. The lowest BCUT2D eigenvalue weighted by Crippen LogP contribution is -2.53. The molecule has 1 radical (unpaired) electrons. The number of hydrogen-bond acceptors (Lipinski definition) is 8. The van der Waals surface area contributed by atoms with Gasteiger partial charge in [0.1, 0.15) is 17.8 Å². The van der Waals surface area contributed by atoms with E-state index in [0.717, 1.165) is 42.6 Å². The number of aryl methyl sites for hydroxylation is 1. The zero-order valence-electron chi connectivity index (χ0n) is 29.4. The summed E-state index contributed by atoms with van der Waals surface area (Å²) in [5.74, 6) is -1.50. The maximum Gasteiger partial charge on any atom is 0.312 e. The Bertz CT molecular complexity index is 1590. The summed E-state index contributed by atoms with van der Waals surface area (Å²) in [6.07, 6.45) is 3.60. The van der Waals surface area contributed by atoms with Gasteiger partial charge in [-0.1, -0.05) is 54.1 Å². The Morgan fingerprint density at radius 2 is 1.51 bits per heavy atom. The molecule has 0 aliphatic carbocycles. The van der Waals surface area contributed by atoms with Crippen LogP contribution in [0.3, 0.4) is 0 Å². The second-order valence-electron chi connectivity index (χ2n) is 13.1. The summed E-state index contributed by atoms with van der Waals surface area (Å²) in [6.45, 7) is 5.26. The van der Waals surface area contributed by atoms with Gasteiger partial charge in [0.25, 0.3) is 5.91 Å². The fraction of sp³-hybridized carbons (Fsp3) is 0.421. The Kier molecular flexibility index (Phi) is 15.0. The van der Waals surface area contributed by atoms with Gasteiger partial charge in [0.2, 0.25) is 17.7 Å². The molecule has 1 fully saturated rings. The molecule has 1 aliphatic heterocycles. The van der Waals surface area contributed by atoms with Crippen LogP contribution in [-0.4, -0.2) is 83.3 Å². The Morgan fingerprint density at radius 3 is 2.18 bits per heavy atom. The van der Waals surface area contributed by atoms with Crippen molar-refractivity contribution in [2.75, 3.05) is 13.1 Å². The summed E-state index contributed by atoms with van der Waals surface area (Å²) >= 11 is 0. The third-order valence-electron chi connectivity index (χ3n) is 9.10. The summed E-state index contributed by atoms with van der Waals surface area (Å²) < 4.78 is 0. The summed E-state index contributed by atoms with van der Waals surface area (Å²) in [4.78, 5) is 54.5. The second-order valence-corrected chi connectivity index (χ2v) is 13.1. The van der Waals surface area contributed by atoms with E-state index in [9.17, 15) is 29.3 Å². The number of benzene rings is 3. The first-order valence-electron chi connectivity index (χ1n) is 17.6. The highest BCUT2D eigenvalue weighted by Crippen LogP contribution is 2.17. The number of amides is 4. The van der Waals surface area contributed by atoms with Gasteiger partial charge in [-0.05, 0) is 99.9 Å². The lowest BCUT2D eigenvalue weighted by atomic mass is 9.86. The van der Waals surface area contributed by atoms with E-state index in [-0.39, 0.29) is 29.4 Å². The molecule has 0 aromatic heterocycles. The van der Waals surface area contributed by atoms with Crippen molar-refractivity contribution in [2.45, 2.75) is 89.5 Å². The number of carbonyl (C=O) groups excluding carboxylic acids is 4. The van der Waals surface area contributed by atoms with E-state index >= 15 is 0 Å². The number of aromatic hydroxyl groups is 1. The quantitative estimate of drug-likeness (QED) is 0.0778. The first-order valence-corrected chi connectivity index (χ1v) is 17.6. The van der Waals surface area contributed by atoms with Crippen LogP contribution < -0.4 is 27.0 Å². The van der Waals surface area contributed by atoms with E-state index in [1.54, 1.807) is 60.4 Å². The largest absolute Gasteiger partial charge is 0.508 e. The summed E-state index contributed by atoms with van der Waals surface area (Å²) in [7, 11) is 1.03. The fourth-order valence-electron chi connectivity index (χ4n) is 6.00. The molecule has 3 aromatic carbocycles. The minimum atomic E-state index is -0.762. The first-order chi connectivity index (χ1) is 24.6. The van der Waals surface area contributed by atoms with E-state index in [0.29, 0.717) is 57.4 Å². The molecule has 0 bridgehead atoms. The molecule has 3 aromatic rings. The van der Waals surface area contributed by atoms with Gasteiger partial charge in [0, 0.05) is 31.1 Å². The molecule has 271 valence electrons. The third-order valence-corrected chi connectivity index (χ3v) is 9.10. The van der Waals surface area contributed by atoms with Crippen LogP contribution in [0, 0.1) is 6.92 Å². The number of nitrogens with one attached hydrogen (secondary N) is 4. The standard InChI is InChI=1S/C38H50BN6O6/c1-25-8-10-28(11-9-25)24-42-36(48)32(6-3-4-20-40)44-37(49)33(22-27-14-18-31(46)19-15-27)41-23-29-12-16-30(17-13-29)35(47)43-26(2)38(50)45-21-5-7-34(45)39-51/h8-19,26,32-34,41,46,51H,3-7,20-24,40H2,1-2H3,(H,42,48)(H,43,47)(H,44,49). The number of rotatable bonds is 18. The molecule has 4 atom stereocenters. The summed E-state index contributed by atoms with van der Waals surface area (Å²) in [5.41, 5.74) is 9.79. The highest BCUT2D eigenvalue weighted by Gasteiger charge is 2.32. The number of nitrogens with two attached hydrogens (primary N) is 1. The number of likely N-dealkylation sites (tertiary alicyclic amines) is 1. The molecule has 51 heavy (non-hydrogen) atoms. The molecule has 0 saturated carbocycles. The smallest absolute Gasteiger partial charge is 0.312 e. The van der Waals surface area contributed by atoms with Crippen molar-refractivity contribution in [1.29, 1.82) is 0 Å². The van der Waals surface area contributed by atoms with Crippen molar-refractivity contribution < 1.29 is 29.3 Å². The van der Waals surface area contributed by atoms with E-state index in [1.807, 2.05) is 31.2 Å². The summed E-state index contributed by atoms with van der Waals surface area (Å²) in [6, 6.07) is 19.1.